The van der Waals surface area contributed by atoms with Crippen LogP contribution in [0, 0.1) is 0 Å². The van der Waals surface area contributed by atoms with Crippen molar-refractivity contribution in [1.29, 1.82) is 0 Å². The topological polar surface area (TPSA) is 38.5 Å². The summed E-state index contributed by atoms with van der Waals surface area (Å²) >= 11 is 0. The summed E-state index contributed by atoms with van der Waals surface area (Å²) in [7, 11) is 0. The highest BCUT2D eigenvalue weighted by Gasteiger charge is 2.32. The molecule has 0 amide bonds. The van der Waals surface area contributed by atoms with E-state index in [1.165, 1.54) is 25.9 Å². The smallest absolute Gasteiger partial charge is 0.121 e. The molecule has 0 radical (unpaired) electrons. The summed E-state index contributed by atoms with van der Waals surface area (Å²) in [6.07, 6.45) is 5.46. The molecule has 0 aromatic heterocycles. The van der Waals surface area contributed by atoms with E-state index in [9.17, 15) is 0 Å². The number of nitrogens with zero attached hydrogens (tertiary/aromatic N) is 1. The fourth-order valence-corrected chi connectivity index (χ4v) is 2.58. The molecule has 1 saturated heterocycles. The maximum atomic E-state index is 5.98. The van der Waals surface area contributed by atoms with Gasteiger partial charge >= 0.3 is 0 Å². The first kappa shape index (κ1) is 10.9. The predicted molar refractivity (Wildman–Crippen MR) is 69.1 cm³/mol. The lowest BCUT2D eigenvalue weighted by Crippen LogP contribution is -2.39. The van der Waals surface area contributed by atoms with Crippen molar-refractivity contribution in [2.75, 3.05) is 18.8 Å². The van der Waals surface area contributed by atoms with Crippen molar-refractivity contribution in [2.45, 2.75) is 37.8 Å². The molecule has 3 nitrogen and oxygen atoms in total. The second-order valence-electron chi connectivity index (χ2n) is 5.16. The van der Waals surface area contributed by atoms with E-state index in [-0.39, 0.29) is 0 Å². The SMILES string of the molecule is Nc1cccc(OC2CCN(C3CC3)CC2)c1. The lowest BCUT2D eigenvalue weighted by Gasteiger charge is -2.32. The van der Waals surface area contributed by atoms with E-state index in [0.29, 0.717) is 6.10 Å². The molecule has 1 aromatic rings. The van der Waals surface area contributed by atoms with Gasteiger partial charge in [-0.05, 0) is 37.8 Å². The Balaban J connectivity index is 1.53. The summed E-state index contributed by atoms with van der Waals surface area (Å²) in [6, 6.07) is 8.63. The van der Waals surface area contributed by atoms with Gasteiger partial charge in [0.2, 0.25) is 0 Å². The van der Waals surface area contributed by atoms with Gasteiger partial charge in [-0.1, -0.05) is 6.07 Å². The molecule has 2 N–H and O–H groups in total. The summed E-state index contributed by atoms with van der Waals surface area (Å²) < 4.78 is 5.98. The fourth-order valence-electron chi connectivity index (χ4n) is 2.58. The zero-order chi connectivity index (χ0) is 11.7. The van der Waals surface area contributed by atoms with E-state index in [0.717, 1.165) is 30.3 Å². The van der Waals surface area contributed by atoms with Gasteiger partial charge < -0.3 is 15.4 Å². The van der Waals surface area contributed by atoms with Crippen LogP contribution in [0.2, 0.25) is 0 Å². The fraction of sp³-hybridized carbons (Fsp3) is 0.571. The summed E-state index contributed by atoms with van der Waals surface area (Å²) in [5, 5.41) is 0. The second-order valence-corrected chi connectivity index (χ2v) is 5.16. The Morgan fingerprint density at radius 3 is 2.53 bits per heavy atom. The zero-order valence-electron chi connectivity index (χ0n) is 10.1. The molecular formula is C14H20N2O. The van der Waals surface area contributed by atoms with E-state index >= 15 is 0 Å². The van der Waals surface area contributed by atoms with Crippen molar-refractivity contribution in [3.05, 3.63) is 24.3 Å². The minimum Gasteiger partial charge on any atom is -0.490 e. The first-order valence-corrected chi connectivity index (χ1v) is 6.57. The van der Waals surface area contributed by atoms with Crippen LogP contribution in [0.1, 0.15) is 25.7 Å². The van der Waals surface area contributed by atoms with Crippen LogP contribution in [0.4, 0.5) is 5.69 Å². The van der Waals surface area contributed by atoms with Crippen LogP contribution in [0.5, 0.6) is 5.75 Å². The van der Waals surface area contributed by atoms with Crippen molar-refractivity contribution in [3.8, 4) is 5.75 Å². The van der Waals surface area contributed by atoms with Gasteiger partial charge in [0.15, 0.2) is 0 Å². The van der Waals surface area contributed by atoms with Gasteiger partial charge in [-0.3, -0.25) is 0 Å². The summed E-state index contributed by atoms with van der Waals surface area (Å²) in [5.41, 5.74) is 6.52. The lowest BCUT2D eigenvalue weighted by molar-refractivity contribution is 0.0966. The van der Waals surface area contributed by atoms with Gasteiger partial charge in [0, 0.05) is 30.9 Å². The van der Waals surface area contributed by atoms with Crippen molar-refractivity contribution in [3.63, 3.8) is 0 Å². The Morgan fingerprint density at radius 1 is 1.12 bits per heavy atom. The molecule has 3 heteroatoms. The molecule has 0 bridgehead atoms. The van der Waals surface area contributed by atoms with Gasteiger partial charge in [0.1, 0.15) is 11.9 Å². The minimum absolute atomic E-state index is 0.367. The molecule has 1 aliphatic heterocycles. The van der Waals surface area contributed by atoms with E-state index in [1.807, 2.05) is 24.3 Å². The van der Waals surface area contributed by atoms with E-state index in [4.69, 9.17) is 10.5 Å². The van der Waals surface area contributed by atoms with E-state index in [1.54, 1.807) is 0 Å². The maximum Gasteiger partial charge on any atom is 0.121 e. The molecule has 1 aromatic carbocycles. The number of likely N-dealkylation sites (tertiary alicyclic amines) is 1. The molecule has 1 aliphatic carbocycles. The normalized spacial score (nSPS) is 22.6. The molecule has 1 saturated carbocycles. The van der Waals surface area contributed by atoms with Gasteiger partial charge in [-0.15, -0.1) is 0 Å². The number of hydrogen-bond donors (Lipinski definition) is 1. The van der Waals surface area contributed by atoms with Crippen LogP contribution in [-0.4, -0.2) is 30.1 Å². The molecular weight excluding hydrogens is 212 g/mol. The molecule has 1 heterocycles. The number of benzene rings is 1. The van der Waals surface area contributed by atoms with Crippen molar-refractivity contribution < 1.29 is 4.74 Å². The average molecular weight is 232 g/mol. The number of piperidine rings is 1. The Bertz CT molecular complexity index is 382. The van der Waals surface area contributed by atoms with Crippen LogP contribution in [0.25, 0.3) is 0 Å². The van der Waals surface area contributed by atoms with Crippen LogP contribution in [-0.2, 0) is 0 Å². The standard InChI is InChI=1S/C14H20N2O/c15-11-2-1-3-14(10-11)17-13-6-8-16(9-7-13)12-4-5-12/h1-3,10,12-13H,4-9,15H2. The molecule has 2 fully saturated rings. The largest absolute Gasteiger partial charge is 0.490 e. The van der Waals surface area contributed by atoms with Crippen LogP contribution in [0.15, 0.2) is 24.3 Å². The van der Waals surface area contributed by atoms with Crippen molar-refractivity contribution in [1.82, 2.24) is 4.90 Å². The lowest BCUT2D eigenvalue weighted by atomic mass is 10.1. The second kappa shape index (κ2) is 4.57. The van der Waals surface area contributed by atoms with Crippen molar-refractivity contribution in [2.24, 2.45) is 0 Å². The number of hydrogen-bond acceptors (Lipinski definition) is 3. The van der Waals surface area contributed by atoms with Gasteiger partial charge in [0.05, 0.1) is 0 Å². The molecule has 0 spiro atoms. The monoisotopic (exact) mass is 232 g/mol. The van der Waals surface area contributed by atoms with Crippen molar-refractivity contribution >= 4 is 5.69 Å². The number of nitrogen functional groups attached to an aromatic ring is 1. The molecule has 3 rings (SSSR count). The Morgan fingerprint density at radius 2 is 1.88 bits per heavy atom. The summed E-state index contributed by atoms with van der Waals surface area (Å²) in [6.45, 7) is 2.38. The third-order valence-corrected chi connectivity index (χ3v) is 3.70. The molecule has 0 unspecified atom stereocenters. The molecule has 17 heavy (non-hydrogen) atoms. The minimum atomic E-state index is 0.367. The van der Waals surface area contributed by atoms with Gasteiger partial charge in [-0.25, -0.2) is 0 Å². The highest BCUT2D eigenvalue weighted by molar-refractivity contribution is 5.43. The van der Waals surface area contributed by atoms with Gasteiger partial charge in [0.25, 0.3) is 0 Å². The van der Waals surface area contributed by atoms with Crippen LogP contribution < -0.4 is 10.5 Å². The number of rotatable bonds is 3. The molecule has 0 atom stereocenters. The summed E-state index contributed by atoms with van der Waals surface area (Å²) in [4.78, 5) is 2.61. The highest BCUT2D eigenvalue weighted by Crippen LogP contribution is 2.30. The highest BCUT2D eigenvalue weighted by atomic mass is 16.5. The third-order valence-electron chi connectivity index (χ3n) is 3.70. The maximum absolute atomic E-state index is 5.98. The van der Waals surface area contributed by atoms with Gasteiger partial charge in [-0.2, -0.15) is 0 Å². The number of ether oxygens (including phenoxy) is 1. The van der Waals surface area contributed by atoms with E-state index < -0.39 is 0 Å². The molecule has 92 valence electrons. The Kier molecular flexibility index (Phi) is 2.93. The Labute approximate surface area is 103 Å². The predicted octanol–water partition coefficient (Wildman–Crippen LogP) is 2.27. The molecule has 2 aliphatic rings. The average Bonchev–Trinajstić information content (AvgIpc) is 3.14. The van der Waals surface area contributed by atoms with Crippen LogP contribution in [0.3, 0.4) is 0 Å². The summed E-state index contributed by atoms with van der Waals surface area (Å²) in [5.74, 6) is 0.912. The third kappa shape index (κ3) is 2.72. The number of anilines is 1. The zero-order valence-corrected chi connectivity index (χ0v) is 10.1. The van der Waals surface area contributed by atoms with Crippen LogP contribution >= 0.6 is 0 Å². The first-order chi connectivity index (χ1) is 8.31. The quantitative estimate of drug-likeness (QED) is 0.812. The number of nitrogens with two attached hydrogens (primary N) is 1. The van der Waals surface area contributed by atoms with E-state index in [2.05, 4.69) is 4.90 Å². The Hall–Kier alpha value is -1.22. The first-order valence-electron chi connectivity index (χ1n) is 6.57.